The smallest absolute Gasteiger partial charge is 0.310 e. The molecule has 3 rings (SSSR count). The van der Waals surface area contributed by atoms with E-state index in [-0.39, 0.29) is 24.8 Å². The van der Waals surface area contributed by atoms with Crippen molar-refractivity contribution in [2.75, 3.05) is 14.2 Å². The Hall–Kier alpha value is -1.48. The van der Waals surface area contributed by atoms with Gasteiger partial charge in [-0.2, -0.15) is 0 Å². The van der Waals surface area contributed by atoms with Crippen molar-refractivity contribution in [2.45, 2.75) is 12.8 Å². The fourth-order valence-corrected chi connectivity index (χ4v) is 6.37. The van der Waals surface area contributed by atoms with Gasteiger partial charge in [0.2, 0.25) is 0 Å². The minimum atomic E-state index is -0.257. The van der Waals surface area contributed by atoms with Crippen molar-refractivity contribution in [3.63, 3.8) is 0 Å². The van der Waals surface area contributed by atoms with Gasteiger partial charge in [0.05, 0.1) is 30.8 Å². The van der Waals surface area contributed by atoms with E-state index in [1.807, 2.05) is 17.5 Å². The summed E-state index contributed by atoms with van der Waals surface area (Å²) in [6, 6.07) is 8.04. The standard InChI is InChI=1S/C18H15BrO4S3/c1-22-15(20)8-10-5-6-24-17(10)12-3-4-13(25-12)18-11(7-14(19)26-18)9-16(21)23-2/h3-7H,8-9H2,1-2H3. The van der Waals surface area contributed by atoms with Crippen molar-refractivity contribution in [3.8, 4) is 19.5 Å². The van der Waals surface area contributed by atoms with Gasteiger partial charge in [0.15, 0.2) is 0 Å². The summed E-state index contributed by atoms with van der Waals surface area (Å²) in [7, 11) is 2.79. The van der Waals surface area contributed by atoms with Gasteiger partial charge in [-0.3, -0.25) is 9.59 Å². The topological polar surface area (TPSA) is 52.6 Å². The van der Waals surface area contributed by atoms with Crippen LogP contribution in [0.25, 0.3) is 19.5 Å². The fraction of sp³-hybridized carbons (Fsp3) is 0.222. The molecule has 3 heterocycles. The second-order valence-electron chi connectivity index (χ2n) is 5.35. The quantitative estimate of drug-likeness (QED) is 0.452. The van der Waals surface area contributed by atoms with Gasteiger partial charge >= 0.3 is 11.9 Å². The average Bonchev–Trinajstić information content (AvgIpc) is 3.34. The van der Waals surface area contributed by atoms with Crippen LogP contribution in [0.15, 0.2) is 33.4 Å². The van der Waals surface area contributed by atoms with Crippen molar-refractivity contribution >= 4 is 61.9 Å². The molecule has 26 heavy (non-hydrogen) atoms. The number of rotatable bonds is 6. The van der Waals surface area contributed by atoms with Gasteiger partial charge in [0, 0.05) is 19.5 Å². The molecular weight excluding hydrogens is 456 g/mol. The van der Waals surface area contributed by atoms with Crippen LogP contribution in [-0.2, 0) is 31.9 Å². The summed E-state index contributed by atoms with van der Waals surface area (Å²) in [5.41, 5.74) is 1.92. The molecule has 0 aliphatic rings. The van der Waals surface area contributed by atoms with Crippen LogP contribution in [0.3, 0.4) is 0 Å². The number of hydrogen-bond acceptors (Lipinski definition) is 7. The maximum absolute atomic E-state index is 11.7. The monoisotopic (exact) mass is 470 g/mol. The van der Waals surface area contributed by atoms with Crippen LogP contribution in [0.2, 0.25) is 0 Å². The first kappa shape index (κ1) is 19.3. The van der Waals surface area contributed by atoms with Crippen molar-refractivity contribution in [2.24, 2.45) is 0 Å². The van der Waals surface area contributed by atoms with E-state index in [1.165, 1.54) is 14.2 Å². The Morgan fingerprint density at radius 3 is 2.19 bits per heavy atom. The summed E-state index contributed by atoms with van der Waals surface area (Å²) in [4.78, 5) is 27.6. The van der Waals surface area contributed by atoms with Gasteiger partial charge in [-0.05, 0) is 56.7 Å². The molecule has 3 aromatic heterocycles. The lowest BCUT2D eigenvalue weighted by atomic mass is 10.1. The lowest BCUT2D eigenvalue weighted by Crippen LogP contribution is -2.04. The van der Waals surface area contributed by atoms with Crippen LogP contribution in [0.4, 0.5) is 0 Å². The summed E-state index contributed by atoms with van der Waals surface area (Å²) in [5.74, 6) is -0.504. The summed E-state index contributed by atoms with van der Waals surface area (Å²) in [6.45, 7) is 0. The van der Waals surface area contributed by atoms with Crippen molar-refractivity contribution < 1.29 is 19.1 Å². The highest BCUT2D eigenvalue weighted by atomic mass is 79.9. The van der Waals surface area contributed by atoms with E-state index in [0.29, 0.717) is 0 Å². The number of hydrogen-bond donors (Lipinski definition) is 0. The molecule has 0 aromatic carbocycles. The predicted molar refractivity (Wildman–Crippen MR) is 110 cm³/mol. The first-order chi connectivity index (χ1) is 12.5. The molecule has 0 spiro atoms. The van der Waals surface area contributed by atoms with Crippen LogP contribution >= 0.6 is 49.9 Å². The summed E-state index contributed by atoms with van der Waals surface area (Å²) < 4.78 is 10.5. The minimum absolute atomic E-state index is 0.244. The molecule has 0 aliphatic carbocycles. The van der Waals surface area contributed by atoms with Gasteiger partial charge in [-0.15, -0.1) is 34.0 Å². The first-order valence-electron chi connectivity index (χ1n) is 7.60. The third kappa shape index (κ3) is 4.25. The molecule has 3 aromatic rings. The molecule has 0 atom stereocenters. The van der Waals surface area contributed by atoms with Crippen molar-refractivity contribution in [3.05, 3.63) is 44.6 Å². The predicted octanol–water partition coefficient (Wildman–Crippen LogP) is 5.40. The highest BCUT2D eigenvalue weighted by Gasteiger charge is 2.18. The normalized spacial score (nSPS) is 10.7. The van der Waals surface area contributed by atoms with Crippen molar-refractivity contribution in [1.82, 2.24) is 0 Å². The number of ether oxygens (including phenoxy) is 2. The largest absolute Gasteiger partial charge is 0.469 e. The third-order valence-electron chi connectivity index (χ3n) is 3.70. The zero-order valence-electron chi connectivity index (χ0n) is 14.0. The van der Waals surface area contributed by atoms with Crippen LogP contribution in [-0.4, -0.2) is 26.2 Å². The van der Waals surface area contributed by atoms with Gasteiger partial charge in [0.25, 0.3) is 0 Å². The van der Waals surface area contributed by atoms with E-state index in [0.717, 1.165) is 34.4 Å². The maximum Gasteiger partial charge on any atom is 0.310 e. The SMILES string of the molecule is COC(=O)Cc1ccsc1-c1ccc(-c2sc(Br)cc2CC(=O)OC)s1. The summed E-state index contributed by atoms with van der Waals surface area (Å²) in [5, 5.41) is 1.98. The highest BCUT2D eigenvalue weighted by molar-refractivity contribution is 9.11. The second kappa shape index (κ2) is 8.47. The van der Waals surface area contributed by atoms with Gasteiger partial charge < -0.3 is 9.47 Å². The average molecular weight is 471 g/mol. The molecule has 4 nitrogen and oxygen atoms in total. The van der Waals surface area contributed by atoms with Crippen molar-refractivity contribution in [1.29, 1.82) is 0 Å². The Kier molecular flexibility index (Phi) is 6.29. The highest BCUT2D eigenvalue weighted by Crippen LogP contribution is 2.43. The lowest BCUT2D eigenvalue weighted by molar-refractivity contribution is -0.140. The molecule has 0 bridgehead atoms. The molecule has 8 heteroatoms. The fourth-order valence-electron chi connectivity index (χ4n) is 2.46. The molecule has 0 fully saturated rings. The van der Waals surface area contributed by atoms with Crippen LogP contribution < -0.4 is 0 Å². The second-order valence-corrected chi connectivity index (χ2v) is 9.78. The van der Waals surface area contributed by atoms with E-state index < -0.39 is 0 Å². The number of carbonyl (C=O) groups excluding carboxylic acids is 2. The Morgan fingerprint density at radius 2 is 1.54 bits per heavy atom. The number of methoxy groups -OCH3 is 2. The van der Waals surface area contributed by atoms with Crippen LogP contribution in [0.5, 0.6) is 0 Å². The van der Waals surface area contributed by atoms with Gasteiger partial charge in [0.1, 0.15) is 0 Å². The van der Waals surface area contributed by atoms with Crippen LogP contribution in [0.1, 0.15) is 11.1 Å². The van der Waals surface area contributed by atoms with Gasteiger partial charge in [-0.25, -0.2) is 0 Å². The number of esters is 2. The molecule has 0 saturated heterocycles. The molecular formula is C18H15BrO4S3. The molecule has 0 amide bonds. The Labute approximate surface area is 171 Å². The Bertz CT molecular complexity index is 938. The summed E-state index contributed by atoms with van der Waals surface area (Å²) in [6.07, 6.45) is 0.508. The molecule has 0 radical (unpaired) electrons. The zero-order chi connectivity index (χ0) is 18.7. The number of carbonyl (C=O) groups is 2. The zero-order valence-corrected chi connectivity index (χ0v) is 18.1. The lowest BCUT2D eigenvalue weighted by Gasteiger charge is -2.02. The molecule has 0 N–H and O–H groups in total. The van der Waals surface area contributed by atoms with E-state index in [9.17, 15) is 9.59 Å². The van der Waals surface area contributed by atoms with E-state index in [4.69, 9.17) is 9.47 Å². The third-order valence-corrected chi connectivity index (χ3v) is 7.79. The molecule has 0 unspecified atom stereocenters. The minimum Gasteiger partial charge on any atom is -0.469 e. The van der Waals surface area contributed by atoms with E-state index in [2.05, 4.69) is 28.1 Å². The van der Waals surface area contributed by atoms with Gasteiger partial charge in [-0.1, -0.05) is 0 Å². The van der Waals surface area contributed by atoms with E-state index >= 15 is 0 Å². The maximum atomic E-state index is 11.7. The Morgan fingerprint density at radius 1 is 0.923 bits per heavy atom. The number of halogens is 1. The Balaban J connectivity index is 1.91. The van der Waals surface area contributed by atoms with E-state index in [1.54, 1.807) is 34.0 Å². The number of thiophene rings is 3. The van der Waals surface area contributed by atoms with Crippen LogP contribution in [0, 0.1) is 0 Å². The molecule has 0 saturated carbocycles. The summed E-state index contributed by atoms with van der Waals surface area (Å²) >= 11 is 8.36. The first-order valence-corrected chi connectivity index (χ1v) is 10.9. The molecule has 136 valence electrons. The molecule has 0 aliphatic heterocycles.